The lowest BCUT2D eigenvalue weighted by Gasteiger charge is -2.37. The van der Waals surface area contributed by atoms with Crippen molar-refractivity contribution in [2.24, 2.45) is 5.10 Å². The highest BCUT2D eigenvalue weighted by molar-refractivity contribution is 7.89. The maximum Gasteiger partial charge on any atom is 0.410 e. The molecule has 32 heavy (non-hydrogen) atoms. The molecule has 1 aliphatic heterocycles. The monoisotopic (exact) mass is 478 g/mol. The van der Waals surface area contributed by atoms with Crippen molar-refractivity contribution in [1.82, 2.24) is 9.73 Å². The van der Waals surface area contributed by atoms with Gasteiger partial charge in [-0.15, -0.1) is 0 Å². The number of halogens is 1. The lowest BCUT2D eigenvalue weighted by atomic mass is 10.1. The number of benzene rings is 2. The van der Waals surface area contributed by atoms with E-state index in [1.807, 2.05) is 32.9 Å². The van der Waals surface area contributed by atoms with Crippen LogP contribution in [0.25, 0.3) is 0 Å². The van der Waals surface area contributed by atoms with Crippen LogP contribution >= 0.6 is 11.6 Å². The number of hydrazone groups is 1. The topological polar surface area (TPSA) is 91.3 Å². The number of anilines is 1. The summed E-state index contributed by atoms with van der Waals surface area (Å²) in [5, 5.41) is 4.38. The average Bonchev–Trinajstić information content (AvgIpc) is 2.74. The van der Waals surface area contributed by atoms with Gasteiger partial charge in [0.1, 0.15) is 5.60 Å². The van der Waals surface area contributed by atoms with Crippen LogP contribution in [0.15, 0.2) is 58.5 Å². The summed E-state index contributed by atoms with van der Waals surface area (Å²) in [6.45, 7) is 7.67. The second kappa shape index (κ2) is 9.79. The van der Waals surface area contributed by atoms with Crippen molar-refractivity contribution in [3.63, 3.8) is 0 Å². The highest BCUT2D eigenvalue weighted by Gasteiger charge is 2.26. The van der Waals surface area contributed by atoms with Crippen LogP contribution in [0.4, 0.5) is 10.5 Å². The Morgan fingerprint density at radius 2 is 1.72 bits per heavy atom. The predicted octanol–water partition coefficient (Wildman–Crippen LogP) is 3.71. The van der Waals surface area contributed by atoms with Gasteiger partial charge in [-0.25, -0.2) is 9.63 Å². The SMILES string of the molecule is CC(C)(C)OC(=O)N1CCN(c2cccc(Cl)c2/C=N/NS(=O)(=O)c2ccccc2)CC1. The van der Waals surface area contributed by atoms with Crippen LogP contribution in [0.5, 0.6) is 0 Å². The molecule has 1 heterocycles. The molecule has 0 radical (unpaired) electrons. The third-order valence-electron chi connectivity index (χ3n) is 4.72. The standard InChI is InChI=1S/C22H27ClN4O4S/c1-22(2,3)31-21(28)27-14-12-26(13-15-27)20-11-7-10-19(23)18(20)16-24-25-32(29,30)17-8-5-4-6-9-17/h4-11,16,25H,12-15H2,1-3H3/b24-16+. The lowest BCUT2D eigenvalue weighted by Crippen LogP contribution is -2.50. The molecule has 0 spiro atoms. The van der Waals surface area contributed by atoms with E-state index in [9.17, 15) is 13.2 Å². The quantitative estimate of drug-likeness (QED) is 0.522. The average molecular weight is 479 g/mol. The second-order valence-electron chi connectivity index (χ2n) is 8.29. The van der Waals surface area contributed by atoms with Crippen molar-refractivity contribution in [2.45, 2.75) is 31.3 Å². The van der Waals surface area contributed by atoms with Gasteiger partial charge in [-0.1, -0.05) is 35.9 Å². The minimum absolute atomic E-state index is 0.120. The van der Waals surface area contributed by atoms with Crippen LogP contribution in [0, 0.1) is 0 Å². The number of nitrogens with zero attached hydrogens (tertiary/aromatic N) is 3. The molecular weight excluding hydrogens is 452 g/mol. The number of hydrogen-bond donors (Lipinski definition) is 1. The summed E-state index contributed by atoms with van der Waals surface area (Å²) in [6.07, 6.45) is 1.07. The van der Waals surface area contributed by atoms with Crippen LogP contribution in [0.1, 0.15) is 26.3 Å². The van der Waals surface area contributed by atoms with Crippen LogP contribution in [0.2, 0.25) is 5.02 Å². The van der Waals surface area contributed by atoms with E-state index in [0.717, 1.165) is 5.69 Å². The Morgan fingerprint density at radius 3 is 2.34 bits per heavy atom. The lowest BCUT2D eigenvalue weighted by molar-refractivity contribution is 0.0240. The Morgan fingerprint density at radius 1 is 1.06 bits per heavy atom. The predicted molar refractivity (Wildman–Crippen MR) is 126 cm³/mol. The number of rotatable bonds is 5. The van der Waals surface area contributed by atoms with Gasteiger partial charge >= 0.3 is 6.09 Å². The minimum Gasteiger partial charge on any atom is -0.444 e. The zero-order chi connectivity index (χ0) is 23.4. The molecule has 0 aromatic heterocycles. The van der Waals surface area contributed by atoms with Gasteiger partial charge in [0.2, 0.25) is 0 Å². The first-order valence-electron chi connectivity index (χ1n) is 10.2. The van der Waals surface area contributed by atoms with Crippen molar-refractivity contribution in [2.75, 3.05) is 31.1 Å². The van der Waals surface area contributed by atoms with E-state index in [1.54, 1.807) is 29.2 Å². The Hall–Kier alpha value is -2.78. The Labute approximate surface area is 193 Å². The molecule has 0 saturated carbocycles. The maximum atomic E-state index is 12.4. The highest BCUT2D eigenvalue weighted by atomic mass is 35.5. The molecule has 0 aliphatic carbocycles. The van der Waals surface area contributed by atoms with Gasteiger partial charge in [-0.3, -0.25) is 0 Å². The number of piperazine rings is 1. The van der Waals surface area contributed by atoms with Gasteiger partial charge in [0.25, 0.3) is 10.0 Å². The summed E-state index contributed by atoms with van der Waals surface area (Å²) in [4.78, 5) is 18.4. The van der Waals surface area contributed by atoms with E-state index in [0.29, 0.717) is 36.8 Å². The van der Waals surface area contributed by atoms with Gasteiger partial charge in [-0.05, 0) is 45.0 Å². The highest BCUT2D eigenvalue weighted by Crippen LogP contribution is 2.27. The number of nitrogens with one attached hydrogen (secondary N) is 1. The number of amides is 1. The molecule has 2 aromatic rings. The molecule has 1 amide bonds. The molecule has 8 nitrogen and oxygen atoms in total. The van der Waals surface area contributed by atoms with Gasteiger partial charge in [-0.2, -0.15) is 13.5 Å². The van der Waals surface area contributed by atoms with Crippen LogP contribution in [-0.2, 0) is 14.8 Å². The van der Waals surface area contributed by atoms with E-state index in [-0.39, 0.29) is 11.0 Å². The molecule has 2 aromatic carbocycles. The summed E-state index contributed by atoms with van der Waals surface area (Å²) in [5.74, 6) is 0. The molecule has 0 bridgehead atoms. The maximum absolute atomic E-state index is 12.4. The Balaban J connectivity index is 1.71. The first-order valence-corrected chi connectivity index (χ1v) is 12.0. The minimum atomic E-state index is -3.78. The van der Waals surface area contributed by atoms with Crippen molar-refractivity contribution < 1.29 is 17.9 Å². The van der Waals surface area contributed by atoms with Crippen molar-refractivity contribution >= 4 is 39.6 Å². The van der Waals surface area contributed by atoms with E-state index < -0.39 is 15.6 Å². The molecule has 1 aliphatic rings. The first kappa shape index (κ1) is 23.9. The Kier molecular flexibility index (Phi) is 7.30. The smallest absolute Gasteiger partial charge is 0.410 e. The largest absolute Gasteiger partial charge is 0.444 e. The summed E-state index contributed by atoms with van der Waals surface area (Å²) < 4.78 is 30.2. The summed E-state index contributed by atoms with van der Waals surface area (Å²) in [6, 6.07) is 13.4. The molecular formula is C22H27ClN4O4S. The zero-order valence-electron chi connectivity index (χ0n) is 18.3. The van der Waals surface area contributed by atoms with Crippen molar-refractivity contribution in [3.05, 3.63) is 59.1 Å². The molecule has 172 valence electrons. The number of ether oxygens (including phenoxy) is 1. The van der Waals surface area contributed by atoms with Gasteiger partial charge in [0.15, 0.2) is 0 Å². The fraction of sp³-hybridized carbons (Fsp3) is 0.364. The van der Waals surface area contributed by atoms with Gasteiger partial charge < -0.3 is 14.5 Å². The number of sulfonamides is 1. The third-order valence-corrected chi connectivity index (χ3v) is 6.29. The van der Waals surface area contributed by atoms with E-state index in [4.69, 9.17) is 16.3 Å². The van der Waals surface area contributed by atoms with Gasteiger partial charge in [0, 0.05) is 37.4 Å². The third kappa shape index (κ3) is 6.14. The first-order chi connectivity index (χ1) is 15.1. The number of carbonyl (C=O) groups is 1. The summed E-state index contributed by atoms with van der Waals surface area (Å²) in [7, 11) is -3.78. The van der Waals surface area contributed by atoms with E-state index in [2.05, 4.69) is 14.8 Å². The summed E-state index contributed by atoms with van der Waals surface area (Å²) in [5.41, 5.74) is 0.859. The normalized spacial score (nSPS) is 15.1. The summed E-state index contributed by atoms with van der Waals surface area (Å²) >= 11 is 6.39. The fourth-order valence-electron chi connectivity index (χ4n) is 3.20. The number of carbonyl (C=O) groups excluding carboxylic acids is 1. The van der Waals surface area contributed by atoms with Gasteiger partial charge in [0.05, 0.1) is 16.1 Å². The second-order valence-corrected chi connectivity index (χ2v) is 10.4. The molecule has 3 rings (SSSR count). The molecule has 1 saturated heterocycles. The van der Waals surface area contributed by atoms with E-state index >= 15 is 0 Å². The van der Waals surface area contributed by atoms with Crippen molar-refractivity contribution in [3.8, 4) is 0 Å². The molecule has 0 atom stereocenters. The number of hydrogen-bond acceptors (Lipinski definition) is 6. The van der Waals surface area contributed by atoms with Crippen LogP contribution in [-0.4, -0.2) is 57.4 Å². The van der Waals surface area contributed by atoms with Crippen LogP contribution in [0.3, 0.4) is 0 Å². The molecule has 0 unspecified atom stereocenters. The van der Waals surface area contributed by atoms with Crippen LogP contribution < -0.4 is 9.73 Å². The van der Waals surface area contributed by atoms with E-state index in [1.165, 1.54) is 18.3 Å². The fourth-order valence-corrected chi connectivity index (χ4v) is 4.23. The molecule has 1 N–H and O–H groups in total. The molecule has 1 fully saturated rings. The van der Waals surface area contributed by atoms with Crippen molar-refractivity contribution in [1.29, 1.82) is 0 Å². The molecule has 10 heteroatoms. The Bertz CT molecular complexity index is 1080. The zero-order valence-corrected chi connectivity index (χ0v) is 19.9.